The zero-order valence-electron chi connectivity index (χ0n) is 9.96. The molecule has 0 aromatic heterocycles. The van der Waals surface area contributed by atoms with E-state index in [4.69, 9.17) is 10.00 Å². The second-order valence-corrected chi connectivity index (χ2v) is 5.47. The Labute approximate surface area is 110 Å². The van der Waals surface area contributed by atoms with E-state index in [1.165, 1.54) is 0 Å². The van der Waals surface area contributed by atoms with Gasteiger partial charge in [0, 0.05) is 16.8 Å². The van der Waals surface area contributed by atoms with E-state index in [2.05, 4.69) is 41.2 Å². The number of anilines is 1. The number of nitrogens with zero attached hydrogens (tertiary/aromatic N) is 1. The molecule has 1 fully saturated rings. The smallest absolute Gasteiger partial charge is 0.100 e. The quantitative estimate of drug-likeness (QED) is 0.910. The van der Waals surface area contributed by atoms with Gasteiger partial charge in [-0.15, -0.1) is 0 Å². The van der Waals surface area contributed by atoms with Crippen molar-refractivity contribution in [2.75, 3.05) is 11.9 Å². The van der Waals surface area contributed by atoms with Gasteiger partial charge in [0.25, 0.3) is 0 Å². The zero-order chi connectivity index (χ0) is 12.5. The highest BCUT2D eigenvalue weighted by atomic mass is 79.9. The number of nitriles is 1. The summed E-state index contributed by atoms with van der Waals surface area (Å²) in [4.78, 5) is 0. The van der Waals surface area contributed by atoms with Crippen LogP contribution in [0.25, 0.3) is 0 Å². The lowest BCUT2D eigenvalue weighted by Gasteiger charge is -2.30. The van der Waals surface area contributed by atoms with Crippen LogP contribution in [0, 0.1) is 11.3 Å². The molecular weight excluding hydrogens is 280 g/mol. The second kappa shape index (κ2) is 4.67. The van der Waals surface area contributed by atoms with Crippen molar-refractivity contribution in [3.05, 3.63) is 28.2 Å². The highest BCUT2D eigenvalue weighted by molar-refractivity contribution is 9.10. The third kappa shape index (κ3) is 2.46. The van der Waals surface area contributed by atoms with Crippen molar-refractivity contribution >= 4 is 21.6 Å². The summed E-state index contributed by atoms with van der Waals surface area (Å²) in [6.45, 7) is 5.04. The summed E-state index contributed by atoms with van der Waals surface area (Å²) in [7, 11) is 0. The molecular formula is C13H15BrN2O. The molecule has 0 saturated carbocycles. The minimum absolute atomic E-state index is 0.0341. The zero-order valence-corrected chi connectivity index (χ0v) is 11.5. The Bertz CT molecular complexity index is 469. The van der Waals surface area contributed by atoms with Gasteiger partial charge in [0.2, 0.25) is 0 Å². The highest BCUT2D eigenvalue weighted by Gasteiger charge is 2.36. The van der Waals surface area contributed by atoms with Gasteiger partial charge < -0.3 is 10.1 Å². The number of nitrogens with one attached hydrogen (secondary N) is 1. The molecule has 2 rings (SSSR count). The van der Waals surface area contributed by atoms with Gasteiger partial charge in [-0.2, -0.15) is 5.26 Å². The molecule has 90 valence electrons. The van der Waals surface area contributed by atoms with Gasteiger partial charge in [0.15, 0.2) is 0 Å². The van der Waals surface area contributed by atoms with E-state index < -0.39 is 0 Å². The summed E-state index contributed by atoms with van der Waals surface area (Å²) in [5.74, 6) is 0. The minimum Gasteiger partial charge on any atom is -0.377 e. The summed E-state index contributed by atoms with van der Waals surface area (Å²) in [5, 5.41) is 12.4. The van der Waals surface area contributed by atoms with Gasteiger partial charge in [-0.1, -0.05) is 0 Å². The summed E-state index contributed by atoms with van der Waals surface area (Å²) in [6.07, 6.45) is 1.18. The third-order valence-corrected chi connectivity index (χ3v) is 4.06. The van der Waals surface area contributed by atoms with Crippen LogP contribution < -0.4 is 5.32 Å². The van der Waals surface area contributed by atoms with Gasteiger partial charge in [-0.25, -0.2) is 0 Å². The Kier molecular flexibility index (Phi) is 3.41. The van der Waals surface area contributed by atoms with Gasteiger partial charge >= 0.3 is 0 Å². The van der Waals surface area contributed by atoms with Crippen molar-refractivity contribution in [2.24, 2.45) is 0 Å². The standard InChI is InChI=1S/C13H15BrN2O/c1-9-13(2,5-6-17-9)16-11-4-3-10(8-15)12(14)7-11/h3-4,7,9,16H,5-6H2,1-2H3. The molecule has 0 aliphatic carbocycles. The molecule has 1 aliphatic heterocycles. The number of halogens is 1. The number of benzene rings is 1. The largest absolute Gasteiger partial charge is 0.377 e. The van der Waals surface area contributed by atoms with Gasteiger partial charge in [0.1, 0.15) is 6.07 Å². The van der Waals surface area contributed by atoms with Crippen LogP contribution in [0.5, 0.6) is 0 Å². The molecule has 1 saturated heterocycles. The summed E-state index contributed by atoms with van der Waals surface area (Å²) in [5.41, 5.74) is 1.63. The fourth-order valence-electron chi connectivity index (χ4n) is 2.01. The molecule has 1 N–H and O–H groups in total. The lowest BCUT2D eigenvalue weighted by atomic mass is 9.94. The Balaban J connectivity index is 2.20. The van der Waals surface area contributed by atoms with Crippen LogP contribution in [-0.2, 0) is 4.74 Å². The molecule has 1 aliphatic rings. The van der Waals surface area contributed by atoms with Crippen molar-refractivity contribution in [1.29, 1.82) is 5.26 Å². The van der Waals surface area contributed by atoms with Gasteiger partial charge in [-0.3, -0.25) is 0 Å². The summed E-state index contributed by atoms with van der Waals surface area (Å²) in [6, 6.07) is 7.82. The molecule has 1 aromatic rings. The van der Waals surface area contributed by atoms with E-state index >= 15 is 0 Å². The molecule has 4 heteroatoms. The predicted octanol–water partition coefficient (Wildman–Crippen LogP) is 3.30. The molecule has 1 aromatic carbocycles. The average molecular weight is 295 g/mol. The Morgan fingerprint density at radius 2 is 2.35 bits per heavy atom. The molecule has 0 spiro atoms. The number of hydrogen-bond donors (Lipinski definition) is 1. The van der Waals surface area contributed by atoms with Gasteiger partial charge in [0.05, 0.1) is 17.2 Å². The van der Waals surface area contributed by atoms with E-state index in [0.29, 0.717) is 5.56 Å². The van der Waals surface area contributed by atoms with Crippen LogP contribution in [0.3, 0.4) is 0 Å². The van der Waals surface area contributed by atoms with Crippen LogP contribution in [0.2, 0.25) is 0 Å². The molecule has 3 nitrogen and oxygen atoms in total. The van der Waals surface area contributed by atoms with Crippen molar-refractivity contribution in [1.82, 2.24) is 0 Å². The molecule has 0 bridgehead atoms. The normalized spacial score (nSPS) is 27.8. The molecule has 2 unspecified atom stereocenters. The van der Waals surface area contributed by atoms with E-state index in [1.54, 1.807) is 0 Å². The number of hydrogen-bond acceptors (Lipinski definition) is 3. The first-order chi connectivity index (χ1) is 8.05. The topological polar surface area (TPSA) is 45.0 Å². The van der Waals surface area contributed by atoms with Crippen molar-refractivity contribution in [3.8, 4) is 6.07 Å². The molecule has 17 heavy (non-hydrogen) atoms. The maximum atomic E-state index is 8.87. The number of ether oxygens (including phenoxy) is 1. The first kappa shape index (κ1) is 12.4. The molecule has 1 heterocycles. The van der Waals surface area contributed by atoms with Crippen LogP contribution in [0.4, 0.5) is 5.69 Å². The van der Waals surface area contributed by atoms with Gasteiger partial charge in [-0.05, 0) is 54.4 Å². The lowest BCUT2D eigenvalue weighted by molar-refractivity contribution is 0.105. The van der Waals surface area contributed by atoms with E-state index in [0.717, 1.165) is 23.2 Å². The maximum absolute atomic E-state index is 8.87. The highest BCUT2D eigenvalue weighted by Crippen LogP contribution is 2.31. The fourth-order valence-corrected chi connectivity index (χ4v) is 2.48. The SMILES string of the molecule is CC1OCCC1(C)Nc1ccc(C#N)c(Br)c1. The Morgan fingerprint density at radius 1 is 1.59 bits per heavy atom. The molecule has 0 radical (unpaired) electrons. The minimum atomic E-state index is -0.0341. The lowest BCUT2D eigenvalue weighted by Crippen LogP contribution is -2.41. The number of rotatable bonds is 2. The molecule has 2 atom stereocenters. The van der Waals surface area contributed by atoms with Crippen molar-refractivity contribution < 1.29 is 4.74 Å². The van der Waals surface area contributed by atoms with Crippen LogP contribution in [0.15, 0.2) is 22.7 Å². The van der Waals surface area contributed by atoms with Crippen molar-refractivity contribution in [3.63, 3.8) is 0 Å². The van der Waals surface area contributed by atoms with Crippen molar-refractivity contribution in [2.45, 2.75) is 31.9 Å². The third-order valence-electron chi connectivity index (χ3n) is 3.41. The van der Waals surface area contributed by atoms with Crippen LogP contribution in [0.1, 0.15) is 25.8 Å². The first-order valence-corrected chi connectivity index (χ1v) is 6.44. The van der Waals surface area contributed by atoms with E-state index in [9.17, 15) is 0 Å². The summed E-state index contributed by atoms with van der Waals surface area (Å²) < 4.78 is 6.41. The molecule has 0 amide bonds. The van der Waals surface area contributed by atoms with Crippen LogP contribution in [-0.4, -0.2) is 18.2 Å². The fraction of sp³-hybridized carbons (Fsp3) is 0.462. The van der Waals surface area contributed by atoms with Crippen LogP contribution >= 0.6 is 15.9 Å². The Morgan fingerprint density at radius 3 is 2.88 bits per heavy atom. The van der Waals surface area contributed by atoms with E-state index in [1.807, 2.05) is 18.2 Å². The van der Waals surface area contributed by atoms with E-state index in [-0.39, 0.29) is 11.6 Å². The predicted molar refractivity (Wildman–Crippen MR) is 70.9 cm³/mol. The monoisotopic (exact) mass is 294 g/mol. The summed E-state index contributed by atoms with van der Waals surface area (Å²) >= 11 is 3.40. The first-order valence-electron chi connectivity index (χ1n) is 5.64. The second-order valence-electron chi connectivity index (χ2n) is 4.61. The Hall–Kier alpha value is -1.05. The maximum Gasteiger partial charge on any atom is 0.100 e. The average Bonchev–Trinajstić information content (AvgIpc) is 2.59.